The van der Waals surface area contributed by atoms with Crippen LogP contribution in [0.2, 0.25) is 0 Å². The van der Waals surface area contributed by atoms with Crippen LogP contribution >= 0.6 is 0 Å². The molecule has 1 aliphatic heterocycles. The summed E-state index contributed by atoms with van der Waals surface area (Å²) in [6.07, 6.45) is -0.547. The Bertz CT molecular complexity index is 445. The number of ether oxygens (including phenoxy) is 2. The molecular weight excluding hydrogens is 222 g/mol. The fourth-order valence-electron chi connectivity index (χ4n) is 1.35. The molecule has 0 atom stereocenters. The fraction of sp³-hybridized carbons (Fsp3) is 0.273. The number of rotatable bonds is 1. The number of carbonyl (C=O) groups excluding carboxylic acids is 1. The molecule has 1 aromatic rings. The van der Waals surface area contributed by atoms with Gasteiger partial charge in [-0.15, -0.1) is 0 Å². The highest BCUT2D eigenvalue weighted by Crippen LogP contribution is 2.29. The lowest BCUT2D eigenvalue weighted by Gasteiger charge is -2.17. The highest BCUT2D eigenvalue weighted by Gasteiger charge is 2.12. The summed E-state index contributed by atoms with van der Waals surface area (Å²) in [7, 11) is 0. The highest BCUT2D eigenvalue weighted by atomic mass is 16.6. The summed E-state index contributed by atoms with van der Waals surface area (Å²) in [6, 6.07) is 7.42. The number of fused-ring (bicyclic) bond motifs is 1. The lowest BCUT2D eigenvalue weighted by molar-refractivity contribution is 0.149. The predicted molar refractivity (Wildman–Crippen MR) is 62.3 cm³/mol. The van der Waals surface area contributed by atoms with E-state index in [4.69, 9.17) is 9.47 Å². The van der Waals surface area contributed by atoms with Crippen molar-refractivity contribution in [3.63, 3.8) is 0 Å². The molecule has 0 unspecified atom stereocenters. The zero-order valence-electron chi connectivity index (χ0n) is 9.40. The molecule has 0 fully saturated rings. The van der Waals surface area contributed by atoms with Gasteiger partial charge in [0.2, 0.25) is 0 Å². The molecule has 0 aliphatic carbocycles. The van der Waals surface area contributed by atoms with E-state index in [-0.39, 0.29) is 6.61 Å². The molecule has 1 aliphatic rings. The molecule has 0 spiro atoms. The third kappa shape index (κ3) is 2.87. The van der Waals surface area contributed by atoms with Crippen molar-refractivity contribution in [3.05, 3.63) is 24.3 Å². The summed E-state index contributed by atoms with van der Waals surface area (Å²) in [4.78, 5) is 15.3. The van der Waals surface area contributed by atoms with Crippen molar-refractivity contribution < 1.29 is 14.3 Å². The van der Waals surface area contributed by atoms with Gasteiger partial charge in [-0.05, 0) is 19.1 Å². The van der Waals surface area contributed by atoms with E-state index in [0.717, 1.165) is 11.4 Å². The van der Waals surface area contributed by atoms with E-state index in [0.29, 0.717) is 12.4 Å². The number of hydrazine groups is 1. The Morgan fingerprint density at radius 1 is 1.53 bits per heavy atom. The first-order valence-corrected chi connectivity index (χ1v) is 5.27. The molecule has 6 heteroatoms. The molecule has 0 saturated heterocycles. The molecule has 0 aromatic heterocycles. The van der Waals surface area contributed by atoms with Crippen molar-refractivity contribution in [1.29, 1.82) is 0 Å². The third-order valence-electron chi connectivity index (χ3n) is 2.07. The molecule has 0 radical (unpaired) electrons. The number of hydrogen-bond acceptors (Lipinski definition) is 5. The van der Waals surface area contributed by atoms with Crippen molar-refractivity contribution in [1.82, 2.24) is 10.9 Å². The summed E-state index contributed by atoms with van der Waals surface area (Å²) < 4.78 is 10.1. The van der Waals surface area contributed by atoms with E-state index >= 15 is 0 Å². The minimum absolute atomic E-state index is 0.281. The van der Waals surface area contributed by atoms with E-state index in [1.807, 2.05) is 24.3 Å². The number of carbonyl (C=O) groups is 1. The largest absolute Gasteiger partial charge is 0.483 e. The van der Waals surface area contributed by atoms with Crippen LogP contribution in [0.3, 0.4) is 0 Å². The second-order valence-corrected chi connectivity index (χ2v) is 3.29. The molecule has 1 heterocycles. The van der Waals surface area contributed by atoms with Crippen LogP contribution in [-0.2, 0) is 4.74 Å². The van der Waals surface area contributed by atoms with Gasteiger partial charge in [-0.2, -0.15) is 0 Å². The molecule has 0 saturated carbocycles. The molecule has 2 N–H and O–H groups in total. The first-order valence-electron chi connectivity index (χ1n) is 5.27. The van der Waals surface area contributed by atoms with Crippen molar-refractivity contribution in [2.24, 2.45) is 4.99 Å². The zero-order valence-corrected chi connectivity index (χ0v) is 9.40. The van der Waals surface area contributed by atoms with Crippen LogP contribution in [0.15, 0.2) is 29.3 Å². The Morgan fingerprint density at radius 2 is 2.35 bits per heavy atom. The van der Waals surface area contributed by atoms with Crippen LogP contribution in [0.4, 0.5) is 10.5 Å². The molecular formula is C11H13N3O3. The number of aliphatic imine (C=N–C) groups is 1. The maximum atomic E-state index is 11.0. The van der Waals surface area contributed by atoms with Gasteiger partial charge < -0.3 is 9.47 Å². The third-order valence-corrected chi connectivity index (χ3v) is 2.07. The number of nitrogens with one attached hydrogen (secondary N) is 2. The number of nitrogens with zero attached hydrogens (tertiary/aromatic N) is 1. The fourth-order valence-corrected chi connectivity index (χ4v) is 1.35. The van der Waals surface area contributed by atoms with Gasteiger partial charge in [-0.1, -0.05) is 12.1 Å². The number of amides is 1. The molecule has 1 aromatic carbocycles. The number of amidine groups is 1. The van der Waals surface area contributed by atoms with Gasteiger partial charge in [-0.25, -0.2) is 15.2 Å². The quantitative estimate of drug-likeness (QED) is 0.721. The predicted octanol–water partition coefficient (Wildman–Crippen LogP) is 1.36. The van der Waals surface area contributed by atoms with Crippen molar-refractivity contribution >= 4 is 17.6 Å². The van der Waals surface area contributed by atoms with E-state index in [9.17, 15) is 4.79 Å². The van der Waals surface area contributed by atoms with Crippen LogP contribution in [0.25, 0.3) is 0 Å². The van der Waals surface area contributed by atoms with E-state index < -0.39 is 6.09 Å². The van der Waals surface area contributed by atoms with Crippen LogP contribution in [0.1, 0.15) is 6.92 Å². The summed E-state index contributed by atoms with van der Waals surface area (Å²) >= 11 is 0. The highest BCUT2D eigenvalue weighted by molar-refractivity contribution is 5.89. The van der Waals surface area contributed by atoms with Gasteiger partial charge in [0.1, 0.15) is 18.0 Å². The Hall–Kier alpha value is -2.24. The number of para-hydroxylation sites is 2. The average molecular weight is 235 g/mol. The second-order valence-electron chi connectivity index (χ2n) is 3.29. The molecule has 2 rings (SSSR count). The van der Waals surface area contributed by atoms with Crippen LogP contribution in [-0.4, -0.2) is 25.1 Å². The van der Waals surface area contributed by atoms with Crippen molar-refractivity contribution in [2.75, 3.05) is 13.2 Å². The van der Waals surface area contributed by atoms with Gasteiger partial charge in [0.25, 0.3) is 0 Å². The Morgan fingerprint density at radius 3 is 3.18 bits per heavy atom. The summed E-state index contributed by atoms with van der Waals surface area (Å²) in [5.41, 5.74) is 5.74. The van der Waals surface area contributed by atoms with Gasteiger partial charge in [0.05, 0.1) is 6.61 Å². The lowest BCUT2D eigenvalue weighted by atomic mass is 10.3. The van der Waals surface area contributed by atoms with Crippen LogP contribution < -0.4 is 15.6 Å². The van der Waals surface area contributed by atoms with Crippen molar-refractivity contribution in [2.45, 2.75) is 6.92 Å². The normalized spacial score (nSPS) is 12.9. The van der Waals surface area contributed by atoms with Gasteiger partial charge >= 0.3 is 6.09 Å². The van der Waals surface area contributed by atoms with Crippen molar-refractivity contribution in [3.8, 4) is 5.75 Å². The lowest BCUT2D eigenvalue weighted by Crippen LogP contribution is -2.44. The topological polar surface area (TPSA) is 72.0 Å². The van der Waals surface area contributed by atoms with Gasteiger partial charge in [-0.3, -0.25) is 5.43 Å². The van der Waals surface area contributed by atoms with E-state index in [1.165, 1.54) is 0 Å². The summed E-state index contributed by atoms with van der Waals surface area (Å²) in [6.45, 7) is 2.33. The maximum absolute atomic E-state index is 11.0. The first kappa shape index (κ1) is 11.3. The van der Waals surface area contributed by atoms with E-state index in [1.54, 1.807) is 6.92 Å². The Labute approximate surface area is 98.6 Å². The minimum Gasteiger partial charge on any atom is -0.483 e. The van der Waals surface area contributed by atoms with E-state index in [2.05, 4.69) is 15.8 Å². The van der Waals surface area contributed by atoms with Gasteiger partial charge in [0.15, 0.2) is 5.84 Å². The number of benzene rings is 1. The van der Waals surface area contributed by atoms with Crippen LogP contribution in [0.5, 0.6) is 5.75 Å². The maximum Gasteiger partial charge on any atom is 0.425 e. The molecule has 1 amide bonds. The summed E-state index contributed by atoms with van der Waals surface area (Å²) in [5.74, 6) is 1.26. The molecule has 90 valence electrons. The Balaban J connectivity index is 1.96. The molecule has 0 bridgehead atoms. The average Bonchev–Trinajstić information content (AvgIpc) is 2.36. The minimum atomic E-state index is -0.547. The Kier molecular flexibility index (Phi) is 3.44. The standard InChI is InChI=1S/C11H13N3O3/c1-2-16-11(15)14-13-10-7-17-9-6-4-3-5-8(9)12-10/h3-6H,2,7H2,1H3,(H,12,13)(H,14,15). The zero-order chi connectivity index (χ0) is 12.1. The van der Waals surface area contributed by atoms with Gasteiger partial charge in [0, 0.05) is 0 Å². The monoisotopic (exact) mass is 235 g/mol. The SMILES string of the molecule is CCOC(=O)NNC1=Nc2ccccc2OC1. The smallest absolute Gasteiger partial charge is 0.425 e. The van der Waals surface area contributed by atoms with Crippen LogP contribution in [0, 0.1) is 0 Å². The second kappa shape index (κ2) is 5.20. The molecule has 17 heavy (non-hydrogen) atoms. The number of hydrogen-bond donors (Lipinski definition) is 2. The molecule has 6 nitrogen and oxygen atoms in total. The summed E-state index contributed by atoms with van der Waals surface area (Å²) in [5, 5.41) is 0. The first-order chi connectivity index (χ1) is 8.29.